The van der Waals surface area contributed by atoms with Crippen molar-refractivity contribution in [2.45, 2.75) is 30.5 Å². The van der Waals surface area contributed by atoms with Gasteiger partial charge in [-0.05, 0) is 65.1 Å². The Bertz CT molecular complexity index is 1510. The fourth-order valence-corrected chi connectivity index (χ4v) is 6.23. The molecule has 1 fully saturated rings. The minimum absolute atomic E-state index is 0.121. The zero-order valence-corrected chi connectivity index (χ0v) is 20.7. The Labute approximate surface area is 208 Å². The molecule has 1 aliphatic carbocycles. The van der Waals surface area contributed by atoms with E-state index in [4.69, 9.17) is 0 Å². The fraction of sp³-hybridized carbons (Fsp3) is 0.250. The van der Waals surface area contributed by atoms with E-state index in [1.807, 2.05) is 22.6 Å². The monoisotopic (exact) mass is 622 g/mol. The Balaban J connectivity index is 1.72. The van der Waals surface area contributed by atoms with Crippen LogP contribution in [0.15, 0.2) is 49.8 Å². The number of nitrogens with zero attached hydrogens (tertiary/aromatic N) is 3. The largest absolute Gasteiger partial charge is 0.505 e. The normalized spacial score (nSPS) is 18.1. The summed E-state index contributed by atoms with van der Waals surface area (Å²) >= 11 is 3.09. The van der Waals surface area contributed by atoms with E-state index in [0.29, 0.717) is 13.1 Å². The number of halogens is 4. The first-order chi connectivity index (χ1) is 15.9. The van der Waals surface area contributed by atoms with Crippen LogP contribution < -0.4 is 10.9 Å². The van der Waals surface area contributed by atoms with E-state index in [1.165, 1.54) is 12.1 Å². The molecule has 3 heterocycles. The lowest BCUT2D eigenvalue weighted by Crippen LogP contribution is -2.38. The van der Waals surface area contributed by atoms with Gasteiger partial charge in [0, 0.05) is 3.57 Å². The third-order valence-electron chi connectivity index (χ3n) is 5.71. The van der Waals surface area contributed by atoms with Gasteiger partial charge >= 0.3 is 6.18 Å². The van der Waals surface area contributed by atoms with Gasteiger partial charge < -0.3 is 10.4 Å². The molecule has 3 aromatic rings. The molecule has 2 aromatic heterocycles. The lowest BCUT2D eigenvalue weighted by atomic mass is 10.1. The summed E-state index contributed by atoms with van der Waals surface area (Å²) in [6, 6.07) is 7.72. The summed E-state index contributed by atoms with van der Waals surface area (Å²) in [5, 5.41) is 19.4. The van der Waals surface area contributed by atoms with E-state index < -0.39 is 50.9 Å². The molecule has 2 N–H and O–H groups in total. The predicted octanol–water partition coefficient (Wildman–Crippen LogP) is 4.19. The molecule has 8 nitrogen and oxygen atoms in total. The van der Waals surface area contributed by atoms with Crippen LogP contribution in [0, 0.1) is 8.99 Å². The van der Waals surface area contributed by atoms with Crippen molar-refractivity contribution >= 4 is 55.5 Å². The zero-order valence-electron chi connectivity index (χ0n) is 16.9. The van der Waals surface area contributed by atoms with Crippen molar-refractivity contribution in [3.05, 3.63) is 55.2 Å². The van der Waals surface area contributed by atoms with Crippen LogP contribution in [-0.2, 0) is 16.6 Å². The maximum Gasteiger partial charge on any atom is 0.396 e. The van der Waals surface area contributed by atoms with Gasteiger partial charge in [0.2, 0.25) is 0 Å². The number of anilines is 1. The molecule has 2 aliphatic rings. The predicted molar refractivity (Wildman–Crippen MR) is 128 cm³/mol. The summed E-state index contributed by atoms with van der Waals surface area (Å²) in [5.74, 6) is -1.15. The molecule has 178 valence electrons. The fourth-order valence-electron chi connectivity index (χ4n) is 3.67. The molecular weight excluding hydrogens is 608 g/mol. The van der Waals surface area contributed by atoms with E-state index in [9.17, 15) is 31.5 Å². The Morgan fingerprint density at radius 2 is 2.00 bits per heavy atom. The molecule has 1 aromatic carbocycles. The summed E-state index contributed by atoms with van der Waals surface area (Å²) in [4.78, 5) is 13.5. The van der Waals surface area contributed by atoms with Crippen LogP contribution in [0.3, 0.4) is 0 Å². The first kappa shape index (κ1) is 23.3. The topological polar surface area (TPSA) is 114 Å². The molecule has 0 spiro atoms. The van der Waals surface area contributed by atoms with Crippen LogP contribution in [0.4, 0.5) is 18.9 Å². The second kappa shape index (κ2) is 7.78. The number of fused-ring (bicyclic) bond motifs is 1. The number of nitrogens with one attached hydrogen (secondary N) is 1. The number of hydrogen-bond donors (Lipinski definition) is 2. The maximum atomic E-state index is 13.6. The summed E-state index contributed by atoms with van der Waals surface area (Å²) in [6.45, 7) is -0.754. The van der Waals surface area contributed by atoms with Gasteiger partial charge in [0.15, 0.2) is 11.6 Å². The molecule has 0 radical (unpaired) electrons. The Kier molecular flexibility index (Phi) is 5.33. The van der Waals surface area contributed by atoms with Gasteiger partial charge in [0.25, 0.3) is 15.6 Å². The van der Waals surface area contributed by atoms with Crippen molar-refractivity contribution < 1.29 is 26.7 Å². The van der Waals surface area contributed by atoms with E-state index >= 15 is 0 Å². The molecule has 14 heteroatoms. The van der Waals surface area contributed by atoms with Crippen molar-refractivity contribution in [3.8, 4) is 16.3 Å². The average Bonchev–Trinajstić information content (AvgIpc) is 3.34. The van der Waals surface area contributed by atoms with Crippen LogP contribution in [0.2, 0.25) is 0 Å². The second-order valence-electron chi connectivity index (χ2n) is 7.97. The standard InChI is InChI=1S/C20H14F3IN4O4S2/c21-20(22,23)19(5-6-19)9-28-18(30)14(16(29)15(26-28)12-2-1-7-33-12)17-25-11-4-3-10(24)8-13(11)34(31,32)27-17/h1-4,7-8,29H,5-6,9H2,(H,25,27). The molecule has 5 rings (SSSR count). The number of aromatic nitrogens is 2. The number of aromatic hydroxyl groups is 1. The highest BCUT2D eigenvalue weighted by molar-refractivity contribution is 14.1. The van der Waals surface area contributed by atoms with Crippen LogP contribution >= 0.6 is 33.9 Å². The molecular formula is C20H14F3IN4O4S2. The molecule has 0 amide bonds. The highest BCUT2D eigenvalue weighted by atomic mass is 127. The number of sulfonamides is 1. The van der Waals surface area contributed by atoms with E-state index in [2.05, 4.69) is 14.8 Å². The molecule has 1 aliphatic heterocycles. The highest BCUT2D eigenvalue weighted by Crippen LogP contribution is 2.58. The molecule has 0 saturated heterocycles. The van der Waals surface area contributed by atoms with E-state index in [0.717, 1.165) is 11.3 Å². The van der Waals surface area contributed by atoms with Crippen molar-refractivity contribution in [1.29, 1.82) is 0 Å². The van der Waals surface area contributed by atoms with Crippen molar-refractivity contribution in [2.24, 2.45) is 9.81 Å². The molecule has 0 bridgehead atoms. The minimum Gasteiger partial charge on any atom is -0.505 e. The summed E-state index contributed by atoms with van der Waals surface area (Å²) in [7, 11) is -4.26. The van der Waals surface area contributed by atoms with Crippen molar-refractivity contribution in [2.75, 3.05) is 5.32 Å². The molecule has 0 atom stereocenters. The lowest BCUT2D eigenvalue weighted by Gasteiger charge is -2.22. The van der Waals surface area contributed by atoms with Crippen LogP contribution in [0.5, 0.6) is 5.75 Å². The SMILES string of the molecule is O=c1c(C2=NS(=O)(=O)c3cc(I)ccc3N2)c(O)c(-c2cccs2)nn1CC1(C(F)(F)F)CC1. The highest BCUT2D eigenvalue weighted by Gasteiger charge is 2.63. The number of rotatable bonds is 4. The lowest BCUT2D eigenvalue weighted by molar-refractivity contribution is -0.191. The Morgan fingerprint density at radius 1 is 1.26 bits per heavy atom. The molecule has 1 saturated carbocycles. The number of hydrogen-bond acceptors (Lipinski definition) is 7. The quantitative estimate of drug-likeness (QED) is 0.423. The van der Waals surface area contributed by atoms with Gasteiger partial charge in [-0.1, -0.05) is 6.07 Å². The van der Waals surface area contributed by atoms with Gasteiger partial charge in [-0.15, -0.1) is 15.7 Å². The molecule has 34 heavy (non-hydrogen) atoms. The smallest absolute Gasteiger partial charge is 0.396 e. The van der Waals surface area contributed by atoms with Gasteiger partial charge in [-0.25, -0.2) is 4.68 Å². The van der Waals surface area contributed by atoms with Crippen molar-refractivity contribution in [1.82, 2.24) is 9.78 Å². The minimum atomic E-state index is -4.55. The Morgan fingerprint density at radius 3 is 2.62 bits per heavy atom. The van der Waals surface area contributed by atoms with Crippen molar-refractivity contribution in [3.63, 3.8) is 0 Å². The number of alkyl halides is 3. The second-order valence-corrected chi connectivity index (χ2v) is 11.7. The number of amidine groups is 1. The summed E-state index contributed by atoms with van der Waals surface area (Å²) in [6.07, 6.45) is -4.86. The summed E-state index contributed by atoms with van der Waals surface area (Å²) < 4.78 is 71.4. The van der Waals surface area contributed by atoms with Crippen LogP contribution in [0.25, 0.3) is 10.6 Å². The third-order valence-corrected chi connectivity index (χ3v) is 8.58. The summed E-state index contributed by atoms with van der Waals surface area (Å²) in [5.41, 5.74) is -3.76. The first-order valence-electron chi connectivity index (χ1n) is 9.78. The zero-order chi connectivity index (χ0) is 24.5. The molecule has 0 unspecified atom stereocenters. The van der Waals surface area contributed by atoms with Gasteiger partial charge in [-0.2, -0.15) is 26.7 Å². The Hall–Kier alpha value is -2.46. The maximum absolute atomic E-state index is 13.6. The van der Waals surface area contributed by atoms with Gasteiger partial charge in [0.05, 0.1) is 22.5 Å². The van der Waals surface area contributed by atoms with E-state index in [1.54, 1.807) is 23.6 Å². The van der Waals surface area contributed by atoms with Crippen LogP contribution in [0.1, 0.15) is 18.4 Å². The number of thiophene rings is 1. The number of benzene rings is 1. The van der Waals surface area contributed by atoms with Crippen LogP contribution in [-0.4, -0.2) is 35.3 Å². The van der Waals surface area contributed by atoms with Gasteiger partial charge in [0.1, 0.15) is 16.2 Å². The first-order valence-corrected chi connectivity index (χ1v) is 13.2. The van der Waals surface area contributed by atoms with Gasteiger partial charge in [-0.3, -0.25) is 4.79 Å². The average molecular weight is 622 g/mol. The third kappa shape index (κ3) is 3.80. The van der Waals surface area contributed by atoms with E-state index in [-0.39, 0.29) is 29.1 Å².